The molecule has 2 saturated heterocycles. The number of aryl methyl sites for hydroxylation is 1. The molecule has 0 amide bonds. The molecule has 3 N–H and O–H groups in total. The van der Waals surface area contributed by atoms with Gasteiger partial charge in [-0.1, -0.05) is 14.9 Å². The van der Waals surface area contributed by atoms with Crippen LogP contribution in [0.3, 0.4) is 0 Å². The first-order chi connectivity index (χ1) is 12.0. The second-order valence-electron chi connectivity index (χ2n) is 6.70. The zero-order chi connectivity index (χ0) is 17.6. The van der Waals surface area contributed by atoms with Crippen molar-refractivity contribution in [2.24, 2.45) is 7.05 Å². The molecule has 150 valence electrons. The second-order valence-corrected chi connectivity index (χ2v) is 6.70. The number of rotatable bonds is 4. The van der Waals surface area contributed by atoms with Crippen molar-refractivity contribution >= 4 is 17.2 Å². The minimum atomic E-state index is 0. The maximum absolute atomic E-state index is 8.54. The monoisotopic (exact) mass is 375 g/mol. The Morgan fingerprint density at radius 3 is 2.56 bits per heavy atom. The first-order valence-electron chi connectivity index (χ1n) is 8.52. The van der Waals surface area contributed by atoms with Crippen molar-refractivity contribution in [2.75, 3.05) is 30.8 Å². The SMILES string of the molecule is C.C.COc1ccc(N)c(C(=N)c2cc(N3CC4CCC(C3)O4)n(C)n2)c1.[HH]. The van der Waals surface area contributed by atoms with Gasteiger partial charge in [-0.25, -0.2) is 0 Å². The number of benzene rings is 1. The predicted octanol–water partition coefficient (Wildman–Crippen LogP) is 3.31. The Morgan fingerprint density at radius 1 is 1.26 bits per heavy atom. The number of methoxy groups -OCH3 is 1. The molecule has 2 fully saturated rings. The van der Waals surface area contributed by atoms with Gasteiger partial charge in [0.25, 0.3) is 0 Å². The minimum Gasteiger partial charge on any atom is -0.497 e. The van der Waals surface area contributed by atoms with E-state index in [0.717, 1.165) is 31.7 Å². The summed E-state index contributed by atoms with van der Waals surface area (Å²) in [5.74, 6) is 1.69. The maximum atomic E-state index is 8.54. The average molecular weight is 376 g/mol. The molecular weight excluding hydrogens is 342 g/mol. The number of aromatic nitrogens is 2. The van der Waals surface area contributed by atoms with E-state index >= 15 is 0 Å². The van der Waals surface area contributed by atoms with Gasteiger partial charge in [0.15, 0.2) is 0 Å². The lowest BCUT2D eigenvalue weighted by molar-refractivity contribution is 0.0300. The first-order valence-corrected chi connectivity index (χ1v) is 8.52. The number of nitrogens with zero attached hydrogens (tertiary/aromatic N) is 3. The fourth-order valence-electron chi connectivity index (χ4n) is 3.69. The zero-order valence-electron chi connectivity index (χ0n) is 14.5. The molecule has 7 nitrogen and oxygen atoms in total. The van der Waals surface area contributed by atoms with Gasteiger partial charge in [0.1, 0.15) is 17.3 Å². The molecule has 0 radical (unpaired) electrons. The number of nitrogens with one attached hydrogen (secondary N) is 1. The van der Waals surface area contributed by atoms with Gasteiger partial charge < -0.3 is 20.1 Å². The Labute approximate surface area is 163 Å². The Kier molecular flexibility index (Phi) is 6.15. The third-order valence-electron chi connectivity index (χ3n) is 5.01. The molecule has 7 heteroatoms. The number of morpholine rings is 1. The number of nitrogen functional groups attached to an aromatic ring is 1. The quantitative estimate of drug-likeness (QED) is 0.632. The standard InChI is InChI=1S/C18H23N5O2.2CH4.H2/c1-22-17(23-9-12-3-4-13(10-23)25-12)8-16(21-22)18(20)14-7-11(24-2)5-6-15(14)19;;;/h5-8,12-13,20H,3-4,9-10,19H2,1-2H3;2*1H4;1H. The van der Waals surface area contributed by atoms with Crippen LogP contribution in [0.25, 0.3) is 0 Å². The molecule has 2 aromatic rings. The molecule has 2 unspecified atom stereocenters. The molecule has 3 heterocycles. The summed E-state index contributed by atoms with van der Waals surface area (Å²) in [5, 5.41) is 13.1. The van der Waals surface area contributed by atoms with E-state index in [-0.39, 0.29) is 16.3 Å². The van der Waals surface area contributed by atoms with Crippen molar-refractivity contribution in [2.45, 2.75) is 39.9 Å². The summed E-state index contributed by atoms with van der Waals surface area (Å²) in [6.07, 6.45) is 2.88. The molecule has 0 saturated carbocycles. The van der Waals surface area contributed by atoms with Crippen molar-refractivity contribution in [1.29, 1.82) is 5.41 Å². The summed E-state index contributed by atoms with van der Waals surface area (Å²) in [5.41, 5.74) is 8.14. The number of hydrogen-bond donors (Lipinski definition) is 2. The summed E-state index contributed by atoms with van der Waals surface area (Å²) in [6.45, 7) is 1.76. The summed E-state index contributed by atoms with van der Waals surface area (Å²) in [4.78, 5) is 2.31. The van der Waals surface area contributed by atoms with E-state index in [9.17, 15) is 0 Å². The van der Waals surface area contributed by atoms with Crippen LogP contribution in [0.5, 0.6) is 5.75 Å². The third kappa shape index (κ3) is 3.78. The predicted molar refractivity (Wildman–Crippen MR) is 112 cm³/mol. The Morgan fingerprint density at radius 2 is 1.93 bits per heavy atom. The van der Waals surface area contributed by atoms with Crippen LogP contribution in [0.4, 0.5) is 11.5 Å². The van der Waals surface area contributed by atoms with Gasteiger partial charge in [-0.3, -0.25) is 10.1 Å². The Bertz CT molecular complexity index is 811. The molecule has 1 aromatic carbocycles. The lowest BCUT2D eigenvalue weighted by Gasteiger charge is -2.33. The van der Waals surface area contributed by atoms with E-state index in [1.165, 1.54) is 0 Å². The number of hydrogen-bond acceptors (Lipinski definition) is 6. The van der Waals surface area contributed by atoms with Gasteiger partial charge in [-0.2, -0.15) is 5.10 Å². The smallest absolute Gasteiger partial charge is 0.127 e. The summed E-state index contributed by atoms with van der Waals surface area (Å²) in [6, 6.07) is 7.29. The van der Waals surface area contributed by atoms with Crippen LogP contribution < -0.4 is 15.4 Å². The van der Waals surface area contributed by atoms with Crippen molar-refractivity contribution in [1.82, 2.24) is 9.78 Å². The van der Waals surface area contributed by atoms with Crippen LogP contribution >= 0.6 is 0 Å². The van der Waals surface area contributed by atoms with Gasteiger partial charge >= 0.3 is 0 Å². The van der Waals surface area contributed by atoms with Gasteiger partial charge in [0.05, 0.1) is 25.0 Å². The van der Waals surface area contributed by atoms with Gasteiger partial charge in [0.2, 0.25) is 0 Å². The molecule has 2 bridgehead atoms. The molecule has 2 atom stereocenters. The number of anilines is 2. The van der Waals surface area contributed by atoms with Crippen LogP contribution in [-0.4, -0.2) is 47.9 Å². The van der Waals surface area contributed by atoms with E-state index in [1.54, 1.807) is 25.3 Å². The lowest BCUT2D eigenvalue weighted by atomic mass is 10.0. The second kappa shape index (κ2) is 8.00. The van der Waals surface area contributed by atoms with Crippen LogP contribution in [0.15, 0.2) is 24.3 Å². The molecule has 4 rings (SSSR count). The van der Waals surface area contributed by atoms with Crippen LogP contribution in [0.2, 0.25) is 0 Å². The van der Waals surface area contributed by atoms with E-state index in [1.807, 2.05) is 17.8 Å². The Balaban J connectivity index is 0.00000131. The molecule has 0 spiro atoms. The van der Waals surface area contributed by atoms with E-state index < -0.39 is 0 Å². The minimum absolute atomic E-state index is 0. The highest BCUT2D eigenvalue weighted by Gasteiger charge is 2.35. The molecular formula is C20H33N5O2. The third-order valence-corrected chi connectivity index (χ3v) is 5.01. The molecule has 2 aliphatic heterocycles. The van der Waals surface area contributed by atoms with Crippen LogP contribution in [0, 0.1) is 5.41 Å². The highest BCUT2D eigenvalue weighted by Crippen LogP contribution is 2.30. The number of nitrogens with two attached hydrogens (primary N) is 1. The number of ether oxygens (including phenoxy) is 2. The largest absolute Gasteiger partial charge is 0.497 e. The lowest BCUT2D eigenvalue weighted by Crippen LogP contribution is -2.43. The topological polar surface area (TPSA) is 89.4 Å². The highest BCUT2D eigenvalue weighted by molar-refractivity contribution is 6.13. The van der Waals surface area contributed by atoms with Crippen LogP contribution in [0.1, 0.15) is 40.4 Å². The molecule has 27 heavy (non-hydrogen) atoms. The van der Waals surface area contributed by atoms with Crippen molar-refractivity contribution in [3.63, 3.8) is 0 Å². The van der Waals surface area contributed by atoms with Gasteiger partial charge in [-0.05, 0) is 31.0 Å². The zero-order valence-corrected chi connectivity index (χ0v) is 14.5. The normalized spacial score (nSPS) is 20.6. The number of fused-ring (bicyclic) bond motifs is 2. The van der Waals surface area contributed by atoms with Crippen molar-refractivity contribution < 1.29 is 10.9 Å². The fourth-order valence-corrected chi connectivity index (χ4v) is 3.69. The van der Waals surface area contributed by atoms with E-state index in [2.05, 4.69) is 10.00 Å². The fraction of sp³-hybridized carbons (Fsp3) is 0.500. The molecule has 0 aliphatic carbocycles. The summed E-state index contributed by atoms with van der Waals surface area (Å²) in [7, 11) is 3.52. The maximum Gasteiger partial charge on any atom is 0.127 e. The highest BCUT2D eigenvalue weighted by atomic mass is 16.5. The first kappa shape index (κ1) is 20.8. The van der Waals surface area contributed by atoms with E-state index in [4.69, 9.17) is 20.6 Å². The Hall–Kier alpha value is -2.54. The van der Waals surface area contributed by atoms with Crippen molar-refractivity contribution in [3.8, 4) is 5.75 Å². The van der Waals surface area contributed by atoms with Crippen molar-refractivity contribution in [3.05, 3.63) is 35.5 Å². The summed E-state index contributed by atoms with van der Waals surface area (Å²) < 4.78 is 13.0. The molecule has 1 aromatic heterocycles. The van der Waals surface area contributed by atoms with Gasteiger partial charge in [-0.15, -0.1) is 0 Å². The molecule has 2 aliphatic rings. The average Bonchev–Trinajstić information content (AvgIpc) is 3.16. The van der Waals surface area contributed by atoms with E-state index in [0.29, 0.717) is 40.6 Å². The van der Waals surface area contributed by atoms with Crippen LogP contribution in [-0.2, 0) is 11.8 Å². The van der Waals surface area contributed by atoms with Gasteiger partial charge in [0, 0.05) is 38.9 Å². The summed E-state index contributed by atoms with van der Waals surface area (Å²) >= 11 is 0.